The Balaban J connectivity index is 1.53. The molecule has 2 aliphatic rings. The van der Waals surface area contributed by atoms with Crippen LogP contribution in [-0.2, 0) is 9.53 Å². The highest BCUT2D eigenvalue weighted by Gasteiger charge is 2.53. The molecule has 2 aromatic rings. The fourth-order valence-corrected chi connectivity index (χ4v) is 3.90. The molecule has 0 bridgehead atoms. The van der Waals surface area contributed by atoms with Crippen LogP contribution >= 0.6 is 0 Å². The summed E-state index contributed by atoms with van der Waals surface area (Å²) in [7, 11) is 0. The lowest BCUT2D eigenvalue weighted by Gasteiger charge is -2.44. The molecule has 0 radical (unpaired) electrons. The summed E-state index contributed by atoms with van der Waals surface area (Å²) < 4.78 is 24.0. The Morgan fingerprint density at radius 1 is 1.07 bits per heavy atom. The van der Waals surface area contributed by atoms with Crippen molar-refractivity contribution in [2.45, 2.75) is 24.6 Å². The molecule has 0 saturated carbocycles. The smallest absolute Gasteiger partial charge is 0.292 e. The first-order chi connectivity index (χ1) is 13.9. The lowest BCUT2D eigenvalue weighted by Crippen LogP contribution is -2.60. The number of halogens is 1. The van der Waals surface area contributed by atoms with Crippen molar-refractivity contribution >= 4 is 17.8 Å². The zero-order valence-electron chi connectivity index (χ0n) is 15.4. The molecular formula is C20H18FN2O6-. The Kier molecular flexibility index (Phi) is 4.83. The monoisotopic (exact) mass is 401 g/mol. The van der Waals surface area contributed by atoms with Crippen molar-refractivity contribution in [2.24, 2.45) is 0 Å². The van der Waals surface area contributed by atoms with Gasteiger partial charge < -0.3 is 24.0 Å². The summed E-state index contributed by atoms with van der Waals surface area (Å²) in [5.41, 5.74) is -0.806. The number of rotatable bonds is 3. The fourth-order valence-electron chi connectivity index (χ4n) is 3.90. The number of carbonyl (C=O) groups is 3. The Labute approximate surface area is 165 Å². The SMILES string of the molecule is O=C([O-])[C@@H]1COC2(CCN(C(=O)c3ccc(F)cc3)CC2)N1C(=O)c1ccco1. The highest BCUT2D eigenvalue weighted by molar-refractivity contribution is 5.95. The Hall–Kier alpha value is -3.20. The van der Waals surface area contributed by atoms with Gasteiger partial charge in [-0.05, 0) is 36.4 Å². The topological polar surface area (TPSA) is 103 Å². The van der Waals surface area contributed by atoms with Gasteiger partial charge in [0.15, 0.2) is 5.76 Å². The quantitative estimate of drug-likeness (QED) is 0.748. The molecule has 152 valence electrons. The van der Waals surface area contributed by atoms with Gasteiger partial charge in [-0.2, -0.15) is 0 Å². The molecule has 8 nitrogen and oxygen atoms in total. The van der Waals surface area contributed by atoms with Gasteiger partial charge >= 0.3 is 0 Å². The third-order valence-electron chi connectivity index (χ3n) is 5.41. The number of carboxylic acids is 1. The molecule has 0 unspecified atom stereocenters. The Morgan fingerprint density at radius 3 is 2.34 bits per heavy atom. The highest BCUT2D eigenvalue weighted by Crippen LogP contribution is 2.38. The highest BCUT2D eigenvalue weighted by atomic mass is 19.1. The molecule has 1 atom stereocenters. The number of likely N-dealkylation sites (tertiary alicyclic amines) is 1. The third kappa shape index (κ3) is 3.38. The van der Waals surface area contributed by atoms with E-state index in [0.717, 1.165) is 0 Å². The number of furan rings is 1. The van der Waals surface area contributed by atoms with E-state index in [-0.39, 0.29) is 44.2 Å². The lowest BCUT2D eigenvalue weighted by molar-refractivity contribution is -0.310. The minimum atomic E-state index is -1.41. The molecular weight excluding hydrogens is 383 g/mol. The van der Waals surface area contributed by atoms with E-state index < -0.39 is 29.5 Å². The van der Waals surface area contributed by atoms with Gasteiger partial charge in [-0.15, -0.1) is 0 Å². The number of piperidine rings is 1. The summed E-state index contributed by atoms with van der Waals surface area (Å²) in [4.78, 5) is 39.9. The molecule has 1 aromatic heterocycles. The molecule has 4 rings (SSSR count). The van der Waals surface area contributed by atoms with Crippen LogP contribution in [0.4, 0.5) is 4.39 Å². The van der Waals surface area contributed by atoms with E-state index in [1.54, 1.807) is 4.90 Å². The van der Waals surface area contributed by atoms with Crippen molar-refractivity contribution in [3.8, 4) is 0 Å². The van der Waals surface area contributed by atoms with Gasteiger partial charge in [0.25, 0.3) is 11.8 Å². The molecule has 0 aliphatic carbocycles. The molecule has 0 N–H and O–H groups in total. The molecule has 1 aromatic carbocycles. The number of aliphatic carboxylic acids is 1. The van der Waals surface area contributed by atoms with E-state index in [4.69, 9.17) is 9.15 Å². The summed E-state index contributed by atoms with van der Waals surface area (Å²) in [6.07, 6.45) is 1.79. The average molecular weight is 401 g/mol. The van der Waals surface area contributed by atoms with Gasteiger partial charge in [-0.3, -0.25) is 14.5 Å². The van der Waals surface area contributed by atoms with Crippen molar-refractivity contribution in [1.82, 2.24) is 9.80 Å². The van der Waals surface area contributed by atoms with Gasteiger partial charge in [0.2, 0.25) is 0 Å². The molecule has 2 fully saturated rings. The number of hydrogen-bond donors (Lipinski definition) is 0. The third-order valence-corrected chi connectivity index (χ3v) is 5.41. The minimum Gasteiger partial charge on any atom is -0.548 e. The molecule has 2 saturated heterocycles. The average Bonchev–Trinajstić information content (AvgIpc) is 3.37. The molecule has 3 heterocycles. The van der Waals surface area contributed by atoms with Crippen LogP contribution in [0.3, 0.4) is 0 Å². The Bertz CT molecular complexity index is 919. The van der Waals surface area contributed by atoms with Crippen molar-refractivity contribution in [3.05, 3.63) is 59.8 Å². The minimum absolute atomic E-state index is 0.00550. The van der Waals surface area contributed by atoms with E-state index in [2.05, 4.69) is 0 Å². The van der Waals surface area contributed by atoms with Crippen molar-refractivity contribution in [3.63, 3.8) is 0 Å². The molecule has 2 amide bonds. The summed E-state index contributed by atoms with van der Waals surface area (Å²) in [6.45, 7) is 0.302. The normalized spacial score (nSPS) is 20.8. The van der Waals surface area contributed by atoms with Crippen LogP contribution in [0.5, 0.6) is 0 Å². The van der Waals surface area contributed by atoms with Gasteiger partial charge in [-0.25, -0.2) is 4.39 Å². The second-order valence-corrected chi connectivity index (χ2v) is 7.04. The fraction of sp³-hybridized carbons (Fsp3) is 0.350. The van der Waals surface area contributed by atoms with Crippen LogP contribution in [0, 0.1) is 5.82 Å². The van der Waals surface area contributed by atoms with Gasteiger partial charge in [-0.1, -0.05) is 0 Å². The van der Waals surface area contributed by atoms with E-state index in [9.17, 15) is 23.9 Å². The largest absolute Gasteiger partial charge is 0.548 e. The second-order valence-electron chi connectivity index (χ2n) is 7.04. The van der Waals surface area contributed by atoms with Gasteiger partial charge in [0.05, 0.1) is 24.9 Å². The Morgan fingerprint density at radius 2 is 1.76 bits per heavy atom. The molecule has 29 heavy (non-hydrogen) atoms. The summed E-state index contributed by atoms with van der Waals surface area (Å²) in [6, 6.07) is 7.00. The number of nitrogens with zero attached hydrogens (tertiary/aromatic N) is 2. The predicted octanol–water partition coefficient (Wildman–Crippen LogP) is 0.642. The van der Waals surface area contributed by atoms with Gasteiger partial charge in [0, 0.05) is 31.5 Å². The van der Waals surface area contributed by atoms with Crippen LogP contribution in [0.1, 0.15) is 33.8 Å². The number of amides is 2. The van der Waals surface area contributed by atoms with E-state index in [1.807, 2.05) is 0 Å². The summed E-state index contributed by atoms with van der Waals surface area (Å²) in [5, 5.41) is 11.6. The first kappa shape index (κ1) is 19.1. The summed E-state index contributed by atoms with van der Waals surface area (Å²) in [5.74, 6) is -2.70. The maximum Gasteiger partial charge on any atom is 0.292 e. The summed E-state index contributed by atoms with van der Waals surface area (Å²) >= 11 is 0. The maximum atomic E-state index is 13.1. The molecule has 1 spiro atoms. The second kappa shape index (κ2) is 7.32. The zero-order chi connectivity index (χ0) is 20.6. The van der Waals surface area contributed by atoms with Gasteiger partial charge in [0.1, 0.15) is 11.5 Å². The number of carbonyl (C=O) groups excluding carboxylic acids is 3. The van der Waals surface area contributed by atoms with E-state index >= 15 is 0 Å². The van der Waals surface area contributed by atoms with Crippen LogP contribution in [0.25, 0.3) is 0 Å². The van der Waals surface area contributed by atoms with Crippen molar-refractivity contribution < 1.29 is 33.0 Å². The van der Waals surface area contributed by atoms with E-state index in [1.165, 1.54) is 47.6 Å². The zero-order valence-corrected chi connectivity index (χ0v) is 15.4. The van der Waals surface area contributed by atoms with Crippen LogP contribution < -0.4 is 5.11 Å². The molecule has 9 heteroatoms. The first-order valence-electron chi connectivity index (χ1n) is 9.18. The number of hydrogen-bond acceptors (Lipinski definition) is 6. The van der Waals surface area contributed by atoms with Crippen molar-refractivity contribution in [1.29, 1.82) is 0 Å². The number of carboxylic acid groups (broad SMARTS) is 1. The number of benzene rings is 1. The predicted molar refractivity (Wildman–Crippen MR) is 93.9 cm³/mol. The molecule has 2 aliphatic heterocycles. The van der Waals surface area contributed by atoms with Crippen LogP contribution in [0.15, 0.2) is 47.1 Å². The van der Waals surface area contributed by atoms with Crippen molar-refractivity contribution in [2.75, 3.05) is 19.7 Å². The standard InChI is InChI=1S/C20H19FN2O6/c21-14-5-3-13(4-6-14)17(24)22-9-7-20(8-10-22)23(15(12-29-20)19(26)27)18(25)16-2-1-11-28-16/h1-6,11,15H,7-10,12H2,(H,26,27)/p-1/t15-/m0/s1. The number of ether oxygens (including phenoxy) is 1. The maximum absolute atomic E-state index is 13.1. The lowest BCUT2D eigenvalue weighted by atomic mass is 9.96. The first-order valence-corrected chi connectivity index (χ1v) is 9.18. The van der Waals surface area contributed by atoms with Crippen LogP contribution in [0.2, 0.25) is 0 Å². The van der Waals surface area contributed by atoms with E-state index in [0.29, 0.717) is 5.56 Å². The van der Waals surface area contributed by atoms with Crippen LogP contribution in [-0.4, -0.2) is 59.0 Å².